The van der Waals surface area contributed by atoms with Gasteiger partial charge < -0.3 is 9.47 Å². The molecule has 16 heavy (non-hydrogen) atoms. The number of likely N-dealkylation sites (tertiary alicyclic amines) is 1. The largest absolute Gasteiger partial charge is 0.465 e. The van der Waals surface area contributed by atoms with Crippen LogP contribution < -0.4 is 0 Å². The minimum absolute atomic E-state index is 0.0239. The van der Waals surface area contributed by atoms with E-state index in [2.05, 4.69) is 4.90 Å². The fraction of sp³-hybridized carbons (Fsp3) is 0.917. The van der Waals surface area contributed by atoms with Crippen molar-refractivity contribution in [2.24, 2.45) is 0 Å². The van der Waals surface area contributed by atoms with Crippen LogP contribution in [-0.4, -0.2) is 49.3 Å². The molecule has 2 aliphatic heterocycles. The molecule has 0 aromatic carbocycles. The van der Waals surface area contributed by atoms with Gasteiger partial charge >= 0.3 is 5.97 Å². The topological polar surface area (TPSA) is 38.8 Å². The van der Waals surface area contributed by atoms with Gasteiger partial charge in [0.1, 0.15) is 6.04 Å². The first-order valence-electron chi connectivity index (χ1n) is 6.33. The predicted octanol–water partition coefficient (Wildman–Crippen LogP) is 1.19. The van der Waals surface area contributed by atoms with Gasteiger partial charge in [-0.2, -0.15) is 0 Å². The van der Waals surface area contributed by atoms with Gasteiger partial charge in [-0.25, -0.2) is 0 Å². The third-order valence-corrected chi connectivity index (χ3v) is 3.38. The third kappa shape index (κ3) is 2.74. The smallest absolute Gasteiger partial charge is 0.323 e. The number of nitrogens with zero attached hydrogens (tertiary/aromatic N) is 1. The molecular weight excluding hydrogens is 206 g/mol. The lowest BCUT2D eigenvalue weighted by Gasteiger charge is -2.25. The summed E-state index contributed by atoms with van der Waals surface area (Å²) >= 11 is 0. The van der Waals surface area contributed by atoms with Crippen LogP contribution in [0.25, 0.3) is 0 Å². The highest BCUT2D eigenvalue weighted by atomic mass is 16.5. The van der Waals surface area contributed by atoms with E-state index in [1.54, 1.807) is 0 Å². The fourth-order valence-corrected chi connectivity index (χ4v) is 2.60. The molecule has 2 saturated heterocycles. The van der Waals surface area contributed by atoms with E-state index in [1.807, 2.05) is 6.92 Å². The Morgan fingerprint density at radius 3 is 3.00 bits per heavy atom. The molecule has 2 aliphatic rings. The molecule has 0 aliphatic carbocycles. The van der Waals surface area contributed by atoms with E-state index in [0.29, 0.717) is 12.7 Å². The highest BCUT2D eigenvalue weighted by Gasteiger charge is 2.33. The lowest BCUT2D eigenvalue weighted by Crippen LogP contribution is -2.41. The molecule has 0 aromatic heterocycles. The number of esters is 1. The van der Waals surface area contributed by atoms with Crippen molar-refractivity contribution in [3.05, 3.63) is 0 Å². The lowest BCUT2D eigenvalue weighted by molar-refractivity contribution is -0.148. The zero-order valence-electron chi connectivity index (χ0n) is 9.98. The first-order valence-corrected chi connectivity index (χ1v) is 6.33. The molecule has 2 fully saturated rings. The summed E-state index contributed by atoms with van der Waals surface area (Å²) in [4.78, 5) is 14.0. The van der Waals surface area contributed by atoms with E-state index in [1.165, 1.54) is 0 Å². The van der Waals surface area contributed by atoms with Crippen molar-refractivity contribution >= 4 is 5.97 Å². The first kappa shape index (κ1) is 11.9. The minimum atomic E-state index is -0.0574. The molecular formula is C12H21NO3. The van der Waals surface area contributed by atoms with Crippen LogP contribution in [0.1, 0.15) is 32.6 Å². The fourth-order valence-electron chi connectivity index (χ4n) is 2.60. The Kier molecular flexibility index (Phi) is 4.18. The molecule has 0 bridgehead atoms. The highest BCUT2D eigenvalue weighted by molar-refractivity contribution is 5.76. The minimum Gasteiger partial charge on any atom is -0.465 e. The average Bonchev–Trinajstić information content (AvgIpc) is 2.90. The molecule has 4 heteroatoms. The number of hydrogen-bond donors (Lipinski definition) is 0. The summed E-state index contributed by atoms with van der Waals surface area (Å²) in [5.41, 5.74) is 0. The highest BCUT2D eigenvalue weighted by Crippen LogP contribution is 2.22. The molecule has 0 saturated carbocycles. The number of ether oxygens (including phenoxy) is 2. The second-order valence-corrected chi connectivity index (χ2v) is 4.54. The zero-order chi connectivity index (χ0) is 11.4. The van der Waals surface area contributed by atoms with Crippen molar-refractivity contribution in [2.75, 3.05) is 26.3 Å². The summed E-state index contributed by atoms with van der Waals surface area (Å²) in [6, 6.07) is -0.0239. The molecule has 0 N–H and O–H groups in total. The van der Waals surface area contributed by atoms with Crippen LogP contribution in [0.5, 0.6) is 0 Å². The molecule has 0 spiro atoms. The average molecular weight is 227 g/mol. The Morgan fingerprint density at radius 1 is 1.44 bits per heavy atom. The molecule has 4 nitrogen and oxygen atoms in total. The van der Waals surface area contributed by atoms with E-state index < -0.39 is 0 Å². The van der Waals surface area contributed by atoms with E-state index in [0.717, 1.165) is 45.4 Å². The van der Waals surface area contributed by atoms with Crippen LogP contribution in [0.15, 0.2) is 0 Å². The van der Waals surface area contributed by atoms with E-state index in [9.17, 15) is 4.79 Å². The Labute approximate surface area is 96.9 Å². The molecule has 2 heterocycles. The molecule has 92 valence electrons. The second kappa shape index (κ2) is 5.64. The van der Waals surface area contributed by atoms with Crippen LogP contribution in [-0.2, 0) is 14.3 Å². The van der Waals surface area contributed by atoms with Crippen molar-refractivity contribution in [2.45, 2.75) is 44.8 Å². The van der Waals surface area contributed by atoms with Crippen LogP contribution in [0.2, 0.25) is 0 Å². The SMILES string of the molecule is CCOC(=O)C1CCCN1CC1CCCO1. The summed E-state index contributed by atoms with van der Waals surface area (Å²) in [5, 5.41) is 0. The maximum atomic E-state index is 11.7. The van der Waals surface area contributed by atoms with Crippen LogP contribution in [0.4, 0.5) is 0 Å². The van der Waals surface area contributed by atoms with Crippen LogP contribution >= 0.6 is 0 Å². The zero-order valence-corrected chi connectivity index (χ0v) is 9.98. The first-order chi connectivity index (χ1) is 7.81. The number of carbonyl (C=O) groups excluding carboxylic acids is 1. The van der Waals surface area contributed by atoms with Gasteiger partial charge in [-0.3, -0.25) is 9.69 Å². The summed E-state index contributed by atoms with van der Waals surface area (Å²) in [7, 11) is 0. The number of hydrogen-bond acceptors (Lipinski definition) is 4. The maximum Gasteiger partial charge on any atom is 0.323 e. The molecule has 2 unspecified atom stereocenters. The molecule has 0 amide bonds. The van der Waals surface area contributed by atoms with Gasteiger partial charge in [0, 0.05) is 13.2 Å². The van der Waals surface area contributed by atoms with Gasteiger partial charge in [-0.1, -0.05) is 0 Å². The number of carbonyl (C=O) groups is 1. The van der Waals surface area contributed by atoms with Gasteiger partial charge in [0.15, 0.2) is 0 Å². The summed E-state index contributed by atoms with van der Waals surface area (Å²) in [6.45, 7) is 5.11. The van der Waals surface area contributed by atoms with Gasteiger partial charge in [0.25, 0.3) is 0 Å². The predicted molar refractivity (Wildman–Crippen MR) is 60.2 cm³/mol. The van der Waals surface area contributed by atoms with Crippen LogP contribution in [0, 0.1) is 0 Å². The Morgan fingerprint density at radius 2 is 2.31 bits per heavy atom. The molecule has 0 aromatic rings. The quantitative estimate of drug-likeness (QED) is 0.676. The van der Waals surface area contributed by atoms with Crippen molar-refractivity contribution in [3.8, 4) is 0 Å². The van der Waals surface area contributed by atoms with Gasteiger partial charge in [-0.05, 0) is 39.2 Å². The van der Waals surface area contributed by atoms with Gasteiger partial charge in [0.05, 0.1) is 12.7 Å². The van der Waals surface area contributed by atoms with E-state index in [-0.39, 0.29) is 12.0 Å². The Hall–Kier alpha value is -0.610. The Bertz CT molecular complexity index is 238. The Balaban J connectivity index is 1.84. The lowest BCUT2D eigenvalue weighted by atomic mass is 10.2. The molecule has 0 radical (unpaired) electrons. The van der Waals surface area contributed by atoms with E-state index in [4.69, 9.17) is 9.47 Å². The molecule has 2 rings (SSSR count). The normalized spacial score (nSPS) is 30.8. The molecule has 2 atom stereocenters. The monoisotopic (exact) mass is 227 g/mol. The van der Waals surface area contributed by atoms with Crippen molar-refractivity contribution in [1.82, 2.24) is 4.90 Å². The van der Waals surface area contributed by atoms with Crippen molar-refractivity contribution in [1.29, 1.82) is 0 Å². The second-order valence-electron chi connectivity index (χ2n) is 4.54. The van der Waals surface area contributed by atoms with Gasteiger partial charge in [0.2, 0.25) is 0 Å². The maximum absolute atomic E-state index is 11.7. The van der Waals surface area contributed by atoms with Crippen LogP contribution in [0.3, 0.4) is 0 Å². The summed E-state index contributed by atoms with van der Waals surface area (Å²) < 4.78 is 10.7. The van der Waals surface area contributed by atoms with Gasteiger partial charge in [-0.15, -0.1) is 0 Å². The van der Waals surface area contributed by atoms with Crippen molar-refractivity contribution in [3.63, 3.8) is 0 Å². The van der Waals surface area contributed by atoms with Crippen molar-refractivity contribution < 1.29 is 14.3 Å². The summed E-state index contributed by atoms with van der Waals surface area (Å²) in [5.74, 6) is -0.0574. The third-order valence-electron chi connectivity index (χ3n) is 3.38. The number of rotatable bonds is 4. The standard InChI is InChI=1S/C12H21NO3/c1-2-15-12(14)11-6-3-7-13(11)9-10-5-4-8-16-10/h10-11H,2-9H2,1H3. The van der Waals surface area contributed by atoms with E-state index >= 15 is 0 Å². The summed E-state index contributed by atoms with van der Waals surface area (Å²) in [6.07, 6.45) is 4.64.